The van der Waals surface area contributed by atoms with Crippen LogP contribution in [0.3, 0.4) is 0 Å². The van der Waals surface area contributed by atoms with Crippen molar-refractivity contribution in [3.05, 3.63) is 0 Å². The van der Waals surface area contributed by atoms with Gasteiger partial charge in [-0.1, -0.05) is 12.8 Å². The third kappa shape index (κ3) is 7.59. The van der Waals surface area contributed by atoms with E-state index in [1.54, 1.807) is 0 Å². The van der Waals surface area contributed by atoms with Gasteiger partial charge in [0.25, 0.3) is 0 Å². The molecule has 0 aliphatic heterocycles. The molecule has 0 aromatic carbocycles. The molecule has 0 saturated carbocycles. The zero-order chi connectivity index (χ0) is 10.8. The minimum Gasteiger partial charge on any atom is -0.354 e. The molecule has 0 atom stereocenters. The van der Waals surface area contributed by atoms with Crippen molar-refractivity contribution in [3.8, 4) is 12.3 Å². The number of carbonyl (C=O) groups excluding carboxylic acids is 1. The number of nitrogens with zero attached hydrogens (tertiary/aromatic N) is 1. The Bertz CT molecular complexity index is 198. The Morgan fingerprint density at radius 2 is 2.29 bits per heavy atom. The number of hydrogen-bond donors (Lipinski definition) is 2. The highest BCUT2D eigenvalue weighted by Gasteiger charge is 1.99. The normalized spacial score (nSPS) is 9.86. The fourth-order valence-corrected chi connectivity index (χ4v) is 0.855. The maximum Gasteiger partial charge on any atom is 0.234 e. The number of carbonyl (C=O) groups is 1. The Hall–Kier alpha value is -1.05. The van der Waals surface area contributed by atoms with E-state index in [0.717, 1.165) is 13.1 Å². The fraction of sp³-hybridized carbons (Fsp3) is 0.700. The Kier molecular flexibility index (Phi) is 7.90. The van der Waals surface area contributed by atoms with Crippen molar-refractivity contribution in [1.82, 2.24) is 15.5 Å². The number of terminal acetylenes is 1. The van der Waals surface area contributed by atoms with Gasteiger partial charge in [0.15, 0.2) is 0 Å². The van der Waals surface area contributed by atoms with Gasteiger partial charge < -0.3 is 10.2 Å². The highest BCUT2D eigenvalue weighted by molar-refractivity contribution is 5.77. The van der Waals surface area contributed by atoms with Crippen LogP contribution in [0.25, 0.3) is 0 Å². The highest BCUT2D eigenvalue weighted by atomic mass is 16.1. The molecule has 0 aliphatic rings. The summed E-state index contributed by atoms with van der Waals surface area (Å²) in [5, 5.41) is 5.62. The van der Waals surface area contributed by atoms with Crippen LogP contribution < -0.4 is 10.6 Å². The van der Waals surface area contributed by atoms with E-state index in [0.29, 0.717) is 19.6 Å². The molecule has 0 radical (unpaired) electrons. The molecule has 4 nitrogen and oxygen atoms in total. The van der Waals surface area contributed by atoms with Gasteiger partial charge in [0.05, 0.1) is 13.1 Å². The minimum atomic E-state index is -0.00949. The highest BCUT2D eigenvalue weighted by Crippen LogP contribution is 1.77. The molecule has 2 N–H and O–H groups in total. The molecule has 0 aliphatic carbocycles. The van der Waals surface area contributed by atoms with Gasteiger partial charge in [-0.2, -0.15) is 0 Å². The Morgan fingerprint density at radius 3 is 2.86 bits per heavy atom. The van der Waals surface area contributed by atoms with E-state index in [2.05, 4.69) is 28.4 Å². The molecular weight excluding hydrogens is 178 g/mol. The molecule has 0 aromatic heterocycles. The molecule has 0 fully saturated rings. The first-order chi connectivity index (χ1) is 6.70. The van der Waals surface area contributed by atoms with Crippen LogP contribution in [0.15, 0.2) is 0 Å². The van der Waals surface area contributed by atoms with E-state index in [1.165, 1.54) is 0 Å². The van der Waals surface area contributed by atoms with Crippen molar-refractivity contribution in [3.63, 3.8) is 0 Å². The fourth-order valence-electron chi connectivity index (χ4n) is 0.855. The lowest BCUT2D eigenvalue weighted by Gasteiger charge is -2.13. The summed E-state index contributed by atoms with van der Waals surface area (Å²) in [6, 6.07) is 0. The average Bonchev–Trinajstić information content (AvgIpc) is 2.18. The van der Waals surface area contributed by atoms with Gasteiger partial charge in [-0.3, -0.25) is 10.1 Å². The maximum atomic E-state index is 11.1. The summed E-state index contributed by atoms with van der Waals surface area (Å²) < 4.78 is 0. The van der Waals surface area contributed by atoms with E-state index in [9.17, 15) is 4.79 Å². The minimum absolute atomic E-state index is 0.00949. The predicted molar refractivity (Wildman–Crippen MR) is 57.9 cm³/mol. The second kappa shape index (κ2) is 8.54. The van der Waals surface area contributed by atoms with E-state index in [-0.39, 0.29) is 5.91 Å². The first kappa shape index (κ1) is 12.9. The third-order valence-corrected chi connectivity index (χ3v) is 1.87. The number of nitrogens with one attached hydrogen (secondary N) is 2. The number of amides is 1. The summed E-state index contributed by atoms with van der Waals surface area (Å²) in [7, 11) is 2.02. The van der Waals surface area contributed by atoms with Gasteiger partial charge >= 0.3 is 0 Å². The van der Waals surface area contributed by atoms with Crippen molar-refractivity contribution in [2.75, 3.05) is 39.8 Å². The predicted octanol–water partition coefficient (Wildman–Crippen LogP) is -0.723. The largest absolute Gasteiger partial charge is 0.354 e. The summed E-state index contributed by atoms with van der Waals surface area (Å²) in [5.74, 6) is 2.40. The molecule has 0 heterocycles. The molecule has 0 spiro atoms. The lowest BCUT2D eigenvalue weighted by atomic mass is 10.5. The summed E-state index contributed by atoms with van der Waals surface area (Å²) in [6.07, 6.45) is 5.02. The second-order valence-corrected chi connectivity index (χ2v) is 3.05. The molecular formula is C10H19N3O. The lowest BCUT2D eigenvalue weighted by molar-refractivity contribution is -0.120. The Morgan fingerprint density at radius 1 is 1.57 bits per heavy atom. The number of rotatable bonds is 7. The lowest BCUT2D eigenvalue weighted by Crippen LogP contribution is -2.38. The number of hydrogen-bond acceptors (Lipinski definition) is 3. The van der Waals surface area contributed by atoms with Gasteiger partial charge in [0.1, 0.15) is 0 Å². The van der Waals surface area contributed by atoms with Gasteiger partial charge in [-0.15, -0.1) is 6.42 Å². The second-order valence-electron chi connectivity index (χ2n) is 3.05. The SMILES string of the molecule is C#CCNCC(=O)NCCN(C)CC. The van der Waals surface area contributed by atoms with Crippen molar-refractivity contribution in [2.24, 2.45) is 0 Å². The zero-order valence-electron chi connectivity index (χ0n) is 8.97. The van der Waals surface area contributed by atoms with Crippen LogP contribution in [0.2, 0.25) is 0 Å². The van der Waals surface area contributed by atoms with Crippen LogP contribution in [0, 0.1) is 12.3 Å². The Labute approximate surface area is 86.0 Å². The average molecular weight is 197 g/mol. The van der Waals surface area contributed by atoms with Crippen LogP contribution >= 0.6 is 0 Å². The van der Waals surface area contributed by atoms with Gasteiger partial charge in [-0.25, -0.2) is 0 Å². The first-order valence-corrected chi connectivity index (χ1v) is 4.80. The van der Waals surface area contributed by atoms with Crippen molar-refractivity contribution < 1.29 is 4.79 Å². The quantitative estimate of drug-likeness (QED) is 0.418. The third-order valence-electron chi connectivity index (χ3n) is 1.87. The van der Waals surface area contributed by atoms with Gasteiger partial charge in [-0.05, 0) is 13.6 Å². The summed E-state index contributed by atoms with van der Waals surface area (Å²) in [6.45, 7) is 5.35. The summed E-state index contributed by atoms with van der Waals surface area (Å²) in [4.78, 5) is 13.3. The monoisotopic (exact) mass is 197 g/mol. The van der Waals surface area contributed by atoms with E-state index >= 15 is 0 Å². The van der Waals surface area contributed by atoms with Crippen LogP contribution in [-0.2, 0) is 4.79 Å². The Balaban J connectivity index is 3.32. The van der Waals surface area contributed by atoms with Crippen LogP contribution in [0.1, 0.15) is 6.92 Å². The van der Waals surface area contributed by atoms with Crippen LogP contribution in [-0.4, -0.2) is 50.6 Å². The van der Waals surface area contributed by atoms with Crippen LogP contribution in [0.5, 0.6) is 0 Å². The van der Waals surface area contributed by atoms with E-state index in [1.807, 2.05) is 7.05 Å². The molecule has 14 heavy (non-hydrogen) atoms. The molecule has 80 valence electrons. The van der Waals surface area contributed by atoms with Gasteiger partial charge in [0.2, 0.25) is 5.91 Å². The number of likely N-dealkylation sites (N-methyl/N-ethyl adjacent to an activating group) is 1. The first-order valence-electron chi connectivity index (χ1n) is 4.80. The standard InChI is InChI=1S/C10H19N3O/c1-4-6-11-9-10(14)12-7-8-13(3)5-2/h1,11H,5-9H2,2-3H3,(H,12,14). The zero-order valence-corrected chi connectivity index (χ0v) is 8.97. The van der Waals surface area contributed by atoms with Crippen LogP contribution in [0.4, 0.5) is 0 Å². The van der Waals surface area contributed by atoms with Crippen molar-refractivity contribution >= 4 is 5.91 Å². The van der Waals surface area contributed by atoms with E-state index in [4.69, 9.17) is 6.42 Å². The molecule has 0 unspecified atom stereocenters. The van der Waals surface area contributed by atoms with Crippen molar-refractivity contribution in [1.29, 1.82) is 0 Å². The van der Waals surface area contributed by atoms with Crippen molar-refractivity contribution in [2.45, 2.75) is 6.92 Å². The molecule has 0 bridgehead atoms. The molecule has 0 saturated heterocycles. The molecule has 0 rings (SSSR count). The molecule has 4 heteroatoms. The molecule has 1 amide bonds. The summed E-state index contributed by atoms with van der Waals surface area (Å²) >= 11 is 0. The summed E-state index contributed by atoms with van der Waals surface area (Å²) in [5.41, 5.74) is 0. The smallest absolute Gasteiger partial charge is 0.234 e. The van der Waals surface area contributed by atoms with Gasteiger partial charge in [0, 0.05) is 13.1 Å². The molecule has 0 aromatic rings. The van der Waals surface area contributed by atoms with E-state index < -0.39 is 0 Å². The maximum absolute atomic E-state index is 11.1. The topological polar surface area (TPSA) is 44.4 Å².